The number of ketones is 1. The van der Waals surface area contributed by atoms with E-state index in [-0.39, 0.29) is 0 Å². The molecule has 0 spiro atoms. The Morgan fingerprint density at radius 2 is 1.92 bits per heavy atom. The number of carbonyl (C=O) groups is 1. The van der Waals surface area contributed by atoms with Gasteiger partial charge in [-0.05, 0) is 56.9 Å². The number of rotatable bonds is 1. The van der Waals surface area contributed by atoms with Crippen molar-refractivity contribution in [1.82, 2.24) is 0 Å². The van der Waals surface area contributed by atoms with Gasteiger partial charge in [-0.2, -0.15) is 0 Å². The first-order valence-corrected chi connectivity index (χ1v) is 5.02. The molecule has 12 heavy (non-hydrogen) atoms. The summed E-state index contributed by atoms with van der Waals surface area (Å²) in [5, 5.41) is 0. The summed E-state index contributed by atoms with van der Waals surface area (Å²) in [6, 6.07) is 0. The summed E-state index contributed by atoms with van der Waals surface area (Å²) >= 11 is 0. The Hall–Kier alpha value is -0.590. The quantitative estimate of drug-likeness (QED) is 0.582. The Balaban J connectivity index is 2.32. The lowest BCUT2D eigenvalue weighted by Gasteiger charge is -2.21. The molecule has 0 amide bonds. The number of hydrogen-bond acceptors (Lipinski definition) is 1. The molecule has 0 aromatic heterocycles. The molecule has 0 radical (unpaired) electrons. The first kappa shape index (κ1) is 8.03. The molecule has 0 aromatic rings. The summed E-state index contributed by atoms with van der Waals surface area (Å²) in [4.78, 5) is 11.3. The van der Waals surface area contributed by atoms with Crippen molar-refractivity contribution in [2.45, 2.75) is 45.4 Å². The van der Waals surface area contributed by atoms with Gasteiger partial charge in [0.25, 0.3) is 0 Å². The van der Waals surface area contributed by atoms with E-state index in [1.807, 2.05) is 0 Å². The second-order valence-corrected chi connectivity index (χ2v) is 4.04. The van der Waals surface area contributed by atoms with Crippen LogP contribution in [0, 0.1) is 5.92 Å². The van der Waals surface area contributed by atoms with Crippen LogP contribution >= 0.6 is 0 Å². The van der Waals surface area contributed by atoms with Crippen LogP contribution in [0.25, 0.3) is 0 Å². The summed E-state index contributed by atoms with van der Waals surface area (Å²) in [6.45, 7) is 1.73. The van der Waals surface area contributed by atoms with Crippen molar-refractivity contribution in [2.24, 2.45) is 5.92 Å². The van der Waals surface area contributed by atoms with Gasteiger partial charge in [-0.15, -0.1) is 0 Å². The molecule has 0 aromatic carbocycles. The van der Waals surface area contributed by atoms with Crippen LogP contribution in [0.15, 0.2) is 11.1 Å². The Bertz CT molecular complexity index is 237. The molecule has 1 fully saturated rings. The van der Waals surface area contributed by atoms with Gasteiger partial charge in [-0.1, -0.05) is 5.57 Å². The third-order valence-electron chi connectivity index (χ3n) is 3.28. The minimum Gasteiger partial charge on any atom is -0.295 e. The normalized spacial score (nSPS) is 28.9. The highest BCUT2D eigenvalue weighted by atomic mass is 16.1. The maximum atomic E-state index is 11.3. The van der Waals surface area contributed by atoms with E-state index in [4.69, 9.17) is 0 Å². The van der Waals surface area contributed by atoms with Crippen LogP contribution in [0.1, 0.15) is 45.4 Å². The van der Waals surface area contributed by atoms with Crippen molar-refractivity contribution in [3.63, 3.8) is 0 Å². The van der Waals surface area contributed by atoms with E-state index >= 15 is 0 Å². The SMILES string of the molecule is CC(=O)C1=C2CCCC2CCC1. The number of carbonyl (C=O) groups excluding carboxylic acids is 1. The molecule has 0 N–H and O–H groups in total. The smallest absolute Gasteiger partial charge is 0.155 e. The number of fused-ring (bicyclic) bond motifs is 1. The molecule has 1 atom stereocenters. The highest BCUT2D eigenvalue weighted by molar-refractivity contribution is 5.94. The van der Waals surface area contributed by atoms with Crippen LogP contribution in [-0.4, -0.2) is 5.78 Å². The highest BCUT2D eigenvalue weighted by Gasteiger charge is 2.28. The van der Waals surface area contributed by atoms with Crippen molar-refractivity contribution in [3.8, 4) is 0 Å². The summed E-state index contributed by atoms with van der Waals surface area (Å²) in [5.74, 6) is 1.12. The van der Waals surface area contributed by atoms with E-state index in [1.165, 1.54) is 43.3 Å². The van der Waals surface area contributed by atoms with Crippen LogP contribution in [0.3, 0.4) is 0 Å². The van der Waals surface area contributed by atoms with Crippen molar-refractivity contribution in [1.29, 1.82) is 0 Å². The molecule has 0 bridgehead atoms. The summed E-state index contributed by atoms with van der Waals surface area (Å²) < 4.78 is 0. The zero-order valence-corrected chi connectivity index (χ0v) is 7.73. The molecule has 0 aliphatic heterocycles. The van der Waals surface area contributed by atoms with E-state index in [2.05, 4.69) is 0 Å². The minimum atomic E-state index is 0.330. The van der Waals surface area contributed by atoms with Gasteiger partial charge >= 0.3 is 0 Å². The van der Waals surface area contributed by atoms with Crippen LogP contribution < -0.4 is 0 Å². The lowest BCUT2D eigenvalue weighted by atomic mass is 9.83. The second-order valence-electron chi connectivity index (χ2n) is 4.04. The van der Waals surface area contributed by atoms with Gasteiger partial charge in [-0.3, -0.25) is 4.79 Å². The van der Waals surface area contributed by atoms with E-state index < -0.39 is 0 Å². The fourth-order valence-electron chi connectivity index (χ4n) is 2.72. The third kappa shape index (κ3) is 1.21. The topological polar surface area (TPSA) is 17.1 Å². The predicted octanol–water partition coefficient (Wildman–Crippen LogP) is 2.86. The molecule has 2 aliphatic carbocycles. The lowest BCUT2D eigenvalue weighted by Crippen LogP contribution is -2.11. The van der Waals surface area contributed by atoms with Gasteiger partial charge in [0.2, 0.25) is 0 Å². The van der Waals surface area contributed by atoms with E-state index in [1.54, 1.807) is 6.92 Å². The van der Waals surface area contributed by atoms with Gasteiger partial charge in [0.15, 0.2) is 5.78 Å². The lowest BCUT2D eigenvalue weighted by molar-refractivity contribution is -0.113. The Kier molecular flexibility index (Phi) is 2.03. The molecule has 1 heteroatoms. The third-order valence-corrected chi connectivity index (χ3v) is 3.28. The Labute approximate surface area is 73.8 Å². The molecule has 1 saturated carbocycles. The van der Waals surface area contributed by atoms with Crippen molar-refractivity contribution in [3.05, 3.63) is 11.1 Å². The second kappa shape index (κ2) is 3.04. The van der Waals surface area contributed by atoms with E-state index in [9.17, 15) is 4.79 Å². The van der Waals surface area contributed by atoms with Crippen molar-refractivity contribution in [2.75, 3.05) is 0 Å². The molecule has 0 heterocycles. The van der Waals surface area contributed by atoms with Crippen LogP contribution in [0.2, 0.25) is 0 Å². The first-order chi connectivity index (χ1) is 5.79. The standard InChI is InChI=1S/C11H16O/c1-8(12)10-6-2-4-9-5-3-7-11(9)10/h9H,2-7H2,1H3. The number of hydrogen-bond donors (Lipinski definition) is 0. The molecule has 2 rings (SSSR count). The maximum absolute atomic E-state index is 11.3. The highest BCUT2D eigenvalue weighted by Crippen LogP contribution is 2.41. The fraction of sp³-hybridized carbons (Fsp3) is 0.727. The number of Topliss-reactive ketones (excluding diaryl/α,β-unsaturated/α-hetero) is 1. The van der Waals surface area contributed by atoms with Gasteiger partial charge in [0.05, 0.1) is 0 Å². The van der Waals surface area contributed by atoms with E-state index in [0.29, 0.717) is 5.78 Å². The van der Waals surface area contributed by atoms with Gasteiger partial charge < -0.3 is 0 Å². The number of allylic oxidation sites excluding steroid dienone is 2. The van der Waals surface area contributed by atoms with Crippen LogP contribution in [0.4, 0.5) is 0 Å². The van der Waals surface area contributed by atoms with Crippen molar-refractivity contribution < 1.29 is 4.79 Å². The van der Waals surface area contributed by atoms with Crippen LogP contribution in [0.5, 0.6) is 0 Å². The average Bonchev–Trinajstić information content (AvgIpc) is 2.49. The Morgan fingerprint density at radius 3 is 2.58 bits per heavy atom. The maximum Gasteiger partial charge on any atom is 0.155 e. The monoisotopic (exact) mass is 164 g/mol. The summed E-state index contributed by atoms with van der Waals surface area (Å²) in [6.07, 6.45) is 7.50. The minimum absolute atomic E-state index is 0.330. The van der Waals surface area contributed by atoms with Gasteiger partial charge in [0, 0.05) is 0 Å². The zero-order chi connectivity index (χ0) is 8.55. The zero-order valence-electron chi connectivity index (χ0n) is 7.73. The molecule has 0 saturated heterocycles. The van der Waals surface area contributed by atoms with Gasteiger partial charge in [0.1, 0.15) is 0 Å². The summed E-state index contributed by atoms with van der Waals surface area (Å²) in [5.41, 5.74) is 2.71. The largest absolute Gasteiger partial charge is 0.295 e. The molecule has 2 aliphatic rings. The average molecular weight is 164 g/mol. The molecule has 1 unspecified atom stereocenters. The molecular formula is C11H16O. The van der Waals surface area contributed by atoms with Crippen LogP contribution in [-0.2, 0) is 4.79 Å². The predicted molar refractivity (Wildman–Crippen MR) is 48.9 cm³/mol. The fourth-order valence-corrected chi connectivity index (χ4v) is 2.72. The van der Waals surface area contributed by atoms with Crippen molar-refractivity contribution >= 4 is 5.78 Å². The Morgan fingerprint density at radius 1 is 1.25 bits per heavy atom. The molecule has 1 nitrogen and oxygen atoms in total. The molecular weight excluding hydrogens is 148 g/mol. The van der Waals surface area contributed by atoms with E-state index in [0.717, 1.165) is 12.3 Å². The molecule has 66 valence electrons. The summed E-state index contributed by atoms with van der Waals surface area (Å²) in [7, 11) is 0. The van der Waals surface area contributed by atoms with Gasteiger partial charge in [-0.25, -0.2) is 0 Å². The first-order valence-electron chi connectivity index (χ1n) is 5.02.